The van der Waals surface area contributed by atoms with Gasteiger partial charge in [0.05, 0.1) is 0 Å². The average Bonchev–Trinajstić information content (AvgIpc) is 1.86. The molecule has 0 saturated carbocycles. The lowest BCUT2D eigenvalue weighted by atomic mass is 9.82. The van der Waals surface area contributed by atoms with Gasteiger partial charge in [0.25, 0.3) is 0 Å². The smallest absolute Gasteiger partial charge is 0.0133 e. The van der Waals surface area contributed by atoms with E-state index in [0.29, 0.717) is 0 Å². The number of rotatable bonds is 1. The summed E-state index contributed by atoms with van der Waals surface area (Å²) < 4.78 is 0. The Morgan fingerprint density at radius 1 is 1.00 bits per heavy atom. The summed E-state index contributed by atoms with van der Waals surface area (Å²) in [7, 11) is 0. The fourth-order valence-electron chi connectivity index (χ4n) is 1.41. The monoisotopic (exact) mass is 152 g/mol. The molecule has 0 nitrogen and oxygen atoms in total. The van der Waals surface area contributed by atoms with Crippen LogP contribution in [-0.2, 0) is 0 Å². The van der Waals surface area contributed by atoms with Gasteiger partial charge in [-0.1, -0.05) is 38.5 Å². The van der Waals surface area contributed by atoms with Crippen LogP contribution < -0.4 is 0 Å². The Hall–Kier alpha value is -0.520. The molecule has 0 radical (unpaired) electrons. The van der Waals surface area contributed by atoms with Gasteiger partial charge < -0.3 is 0 Å². The summed E-state index contributed by atoms with van der Waals surface area (Å²) in [5.74, 6) is 0. The summed E-state index contributed by atoms with van der Waals surface area (Å²) >= 11 is 0. The van der Waals surface area contributed by atoms with Gasteiger partial charge in [-0.25, -0.2) is 0 Å². The molecule has 0 spiro atoms. The van der Waals surface area contributed by atoms with E-state index in [-0.39, 0.29) is 5.41 Å². The minimum absolute atomic E-state index is 0.283. The summed E-state index contributed by atoms with van der Waals surface area (Å²) in [5, 5.41) is 0. The Bertz CT molecular complexity index is 175. The summed E-state index contributed by atoms with van der Waals surface area (Å²) in [6.07, 6.45) is 4.37. The largest absolute Gasteiger partial charge is 0.0844 e. The molecule has 0 heteroatoms. The highest BCUT2D eigenvalue weighted by atomic mass is 14.2. The molecule has 0 aliphatic heterocycles. The zero-order valence-corrected chi connectivity index (χ0v) is 8.65. The van der Waals surface area contributed by atoms with Gasteiger partial charge in [0, 0.05) is 0 Å². The van der Waals surface area contributed by atoms with Crippen molar-refractivity contribution in [3.8, 4) is 0 Å². The van der Waals surface area contributed by atoms with Crippen LogP contribution in [0.1, 0.15) is 41.5 Å². The molecular formula is C11H20. The number of hydrogen-bond donors (Lipinski definition) is 0. The van der Waals surface area contributed by atoms with Crippen LogP contribution in [0.5, 0.6) is 0 Å². The van der Waals surface area contributed by atoms with Crippen LogP contribution >= 0.6 is 0 Å². The van der Waals surface area contributed by atoms with Gasteiger partial charge >= 0.3 is 0 Å². The molecule has 0 aromatic rings. The number of hydrogen-bond acceptors (Lipinski definition) is 0. The molecule has 0 aliphatic rings. The van der Waals surface area contributed by atoms with E-state index in [1.807, 2.05) is 0 Å². The molecule has 0 unspecified atom stereocenters. The van der Waals surface area contributed by atoms with Crippen molar-refractivity contribution in [3.05, 3.63) is 23.3 Å². The second-order valence-corrected chi connectivity index (χ2v) is 3.92. The lowest BCUT2D eigenvalue weighted by Crippen LogP contribution is -2.09. The van der Waals surface area contributed by atoms with Crippen LogP contribution in [0.3, 0.4) is 0 Å². The molecule has 0 saturated heterocycles. The molecule has 0 bridgehead atoms. The molecule has 0 rings (SSSR count). The van der Waals surface area contributed by atoms with Crippen LogP contribution in [0.15, 0.2) is 23.3 Å². The van der Waals surface area contributed by atoms with Crippen molar-refractivity contribution in [2.24, 2.45) is 5.41 Å². The van der Waals surface area contributed by atoms with Crippen LogP contribution in [0.4, 0.5) is 0 Å². The van der Waals surface area contributed by atoms with Crippen LogP contribution in [0.25, 0.3) is 0 Å². The van der Waals surface area contributed by atoms with Crippen molar-refractivity contribution in [1.29, 1.82) is 0 Å². The third-order valence-electron chi connectivity index (χ3n) is 1.95. The minimum Gasteiger partial charge on any atom is -0.0844 e. The Kier molecular flexibility index (Phi) is 3.57. The fraction of sp³-hybridized carbons (Fsp3) is 0.636. The maximum absolute atomic E-state index is 2.25. The predicted molar refractivity (Wildman–Crippen MR) is 52.6 cm³/mol. The summed E-state index contributed by atoms with van der Waals surface area (Å²) in [5.41, 5.74) is 3.12. The van der Waals surface area contributed by atoms with Crippen molar-refractivity contribution >= 4 is 0 Å². The van der Waals surface area contributed by atoms with E-state index in [1.165, 1.54) is 11.1 Å². The zero-order chi connectivity index (χ0) is 9.07. The molecule has 0 fully saturated rings. The normalized spacial score (nSPS) is 15.5. The molecule has 0 N–H and O–H groups in total. The fourth-order valence-corrected chi connectivity index (χ4v) is 1.41. The van der Waals surface area contributed by atoms with E-state index in [4.69, 9.17) is 0 Å². The van der Waals surface area contributed by atoms with Crippen LogP contribution in [0, 0.1) is 5.41 Å². The van der Waals surface area contributed by atoms with Gasteiger partial charge in [0.1, 0.15) is 0 Å². The first-order valence-electron chi connectivity index (χ1n) is 4.23. The van der Waals surface area contributed by atoms with Crippen molar-refractivity contribution in [1.82, 2.24) is 0 Å². The topological polar surface area (TPSA) is 0 Å². The van der Waals surface area contributed by atoms with Crippen molar-refractivity contribution in [2.75, 3.05) is 0 Å². The van der Waals surface area contributed by atoms with Crippen molar-refractivity contribution < 1.29 is 0 Å². The van der Waals surface area contributed by atoms with Gasteiger partial charge in [0.15, 0.2) is 0 Å². The quantitative estimate of drug-likeness (QED) is 0.499. The Morgan fingerprint density at radius 2 is 1.45 bits per heavy atom. The Balaban J connectivity index is 4.73. The highest BCUT2D eigenvalue weighted by Crippen LogP contribution is 2.30. The molecule has 0 aliphatic carbocycles. The van der Waals surface area contributed by atoms with Gasteiger partial charge in [-0.2, -0.15) is 0 Å². The van der Waals surface area contributed by atoms with Crippen LogP contribution in [0.2, 0.25) is 0 Å². The highest BCUT2D eigenvalue weighted by molar-refractivity contribution is 5.32. The highest BCUT2D eigenvalue weighted by Gasteiger charge is 2.16. The second-order valence-electron chi connectivity index (χ2n) is 3.92. The molecular weight excluding hydrogens is 132 g/mol. The number of allylic oxidation sites excluding steroid dienone is 4. The van der Waals surface area contributed by atoms with E-state index in [1.54, 1.807) is 0 Å². The maximum atomic E-state index is 2.25. The average molecular weight is 152 g/mol. The minimum atomic E-state index is 0.283. The second kappa shape index (κ2) is 3.75. The van der Waals surface area contributed by atoms with E-state index in [2.05, 4.69) is 53.7 Å². The molecule has 0 aromatic carbocycles. The van der Waals surface area contributed by atoms with Crippen LogP contribution in [-0.4, -0.2) is 0 Å². The zero-order valence-electron chi connectivity index (χ0n) is 8.65. The molecule has 64 valence electrons. The first-order valence-corrected chi connectivity index (χ1v) is 4.23. The molecule has 0 amide bonds. The van der Waals surface area contributed by atoms with Gasteiger partial charge in [-0.3, -0.25) is 0 Å². The Labute approximate surface area is 71.0 Å². The summed E-state index contributed by atoms with van der Waals surface area (Å²) in [6.45, 7) is 13.1. The SMILES string of the molecule is C/C=C(C)\C(=C/C)C(C)(C)C. The lowest BCUT2D eigenvalue weighted by molar-refractivity contribution is 0.509. The van der Waals surface area contributed by atoms with Crippen molar-refractivity contribution in [2.45, 2.75) is 41.5 Å². The van der Waals surface area contributed by atoms with Crippen molar-refractivity contribution in [3.63, 3.8) is 0 Å². The Morgan fingerprint density at radius 3 is 1.55 bits per heavy atom. The van der Waals surface area contributed by atoms with E-state index >= 15 is 0 Å². The first-order chi connectivity index (χ1) is 4.93. The first kappa shape index (κ1) is 10.5. The molecule has 0 heterocycles. The predicted octanol–water partition coefficient (Wildman–Crippen LogP) is 3.95. The molecule has 0 atom stereocenters. The lowest BCUT2D eigenvalue weighted by Gasteiger charge is -2.23. The third kappa shape index (κ3) is 2.92. The molecule has 11 heavy (non-hydrogen) atoms. The van der Waals surface area contributed by atoms with E-state index in [0.717, 1.165) is 0 Å². The maximum Gasteiger partial charge on any atom is -0.0133 e. The van der Waals surface area contributed by atoms with Gasteiger partial charge in [-0.15, -0.1) is 0 Å². The van der Waals surface area contributed by atoms with E-state index in [9.17, 15) is 0 Å². The van der Waals surface area contributed by atoms with E-state index < -0.39 is 0 Å². The molecule has 0 aromatic heterocycles. The standard InChI is InChI=1S/C11H20/c1-7-9(3)10(8-2)11(4,5)6/h7-8H,1-6H3/b9-7-,10-8+. The van der Waals surface area contributed by atoms with Gasteiger partial charge in [0.2, 0.25) is 0 Å². The van der Waals surface area contributed by atoms with Gasteiger partial charge in [-0.05, 0) is 31.8 Å². The summed E-state index contributed by atoms with van der Waals surface area (Å²) in [6, 6.07) is 0. The third-order valence-corrected chi connectivity index (χ3v) is 1.95. The summed E-state index contributed by atoms with van der Waals surface area (Å²) in [4.78, 5) is 0.